The minimum absolute atomic E-state index is 0.261. The van der Waals surface area contributed by atoms with Crippen LogP contribution in [-0.4, -0.2) is 6.54 Å². The van der Waals surface area contributed by atoms with Crippen LogP contribution in [0.5, 0.6) is 5.75 Å². The summed E-state index contributed by atoms with van der Waals surface area (Å²) in [6, 6.07) is 12.8. The molecule has 0 saturated heterocycles. The maximum absolute atomic E-state index is 13.5. The van der Waals surface area contributed by atoms with Crippen LogP contribution in [0.3, 0.4) is 0 Å². The van der Waals surface area contributed by atoms with Crippen LogP contribution >= 0.6 is 0 Å². The molecular formula is C16H18FNO. The van der Waals surface area contributed by atoms with E-state index in [-0.39, 0.29) is 11.9 Å². The average Bonchev–Trinajstić information content (AvgIpc) is 2.41. The summed E-state index contributed by atoms with van der Waals surface area (Å²) in [6.07, 6.45) is -0.261. The highest BCUT2D eigenvalue weighted by Crippen LogP contribution is 2.25. The van der Waals surface area contributed by atoms with Crippen molar-refractivity contribution in [2.75, 3.05) is 6.54 Å². The van der Waals surface area contributed by atoms with Gasteiger partial charge in [-0.15, -0.1) is 0 Å². The summed E-state index contributed by atoms with van der Waals surface area (Å²) < 4.78 is 19.3. The zero-order valence-corrected chi connectivity index (χ0v) is 11.2. The molecule has 0 bridgehead atoms. The van der Waals surface area contributed by atoms with Crippen LogP contribution in [0.15, 0.2) is 42.5 Å². The lowest BCUT2D eigenvalue weighted by molar-refractivity contribution is 0.212. The summed E-state index contributed by atoms with van der Waals surface area (Å²) >= 11 is 0. The zero-order chi connectivity index (χ0) is 13.8. The number of halogens is 1. The van der Waals surface area contributed by atoms with Crippen LogP contribution < -0.4 is 10.5 Å². The van der Waals surface area contributed by atoms with E-state index in [9.17, 15) is 4.39 Å². The Kier molecular flexibility index (Phi) is 4.17. The van der Waals surface area contributed by atoms with Crippen molar-refractivity contribution in [2.24, 2.45) is 5.73 Å². The van der Waals surface area contributed by atoms with Crippen molar-refractivity contribution in [1.82, 2.24) is 0 Å². The fraction of sp³-hybridized carbons (Fsp3) is 0.250. The van der Waals surface area contributed by atoms with Gasteiger partial charge >= 0.3 is 0 Å². The van der Waals surface area contributed by atoms with Crippen LogP contribution in [0.4, 0.5) is 4.39 Å². The molecule has 2 nitrogen and oxygen atoms in total. The molecule has 0 spiro atoms. The van der Waals surface area contributed by atoms with Gasteiger partial charge in [-0.2, -0.15) is 0 Å². The maximum Gasteiger partial charge on any atom is 0.136 e. The van der Waals surface area contributed by atoms with E-state index < -0.39 is 0 Å². The fourth-order valence-corrected chi connectivity index (χ4v) is 2.00. The van der Waals surface area contributed by atoms with Crippen molar-refractivity contribution < 1.29 is 9.13 Å². The number of hydrogen-bond acceptors (Lipinski definition) is 2. The van der Waals surface area contributed by atoms with Crippen molar-refractivity contribution in [3.8, 4) is 5.75 Å². The van der Waals surface area contributed by atoms with Gasteiger partial charge in [-0.05, 0) is 36.6 Å². The second kappa shape index (κ2) is 5.85. The molecule has 2 rings (SSSR count). The predicted octanol–water partition coefficient (Wildman–Crippen LogP) is 3.52. The first-order valence-corrected chi connectivity index (χ1v) is 6.30. The van der Waals surface area contributed by atoms with Crippen LogP contribution in [0, 0.1) is 19.7 Å². The van der Waals surface area contributed by atoms with Gasteiger partial charge in [-0.25, -0.2) is 4.39 Å². The van der Waals surface area contributed by atoms with E-state index in [0.717, 1.165) is 11.1 Å². The van der Waals surface area contributed by atoms with Crippen LogP contribution in [0.25, 0.3) is 0 Å². The van der Waals surface area contributed by atoms with Gasteiger partial charge in [0.05, 0.1) is 0 Å². The number of nitrogens with two attached hydrogens (primary N) is 1. The summed E-state index contributed by atoms with van der Waals surface area (Å²) in [5.74, 6) is 0.236. The molecule has 0 aliphatic carbocycles. The Balaban J connectivity index is 2.24. The molecule has 2 aromatic carbocycles. The van der Waals surface area contributed by atoms with Gasteiger partial charge in [0.1, 0.15) is 17.7 Å². The monoisotopic (exact) mass is 259 g/mol. The van der Waals surface area contributed by atoms with Gasteiger partial charge in [0, 0.05) is 12.6 Å². The molecule has 100 valence electrons. The molecule has 0 aromatic heterocycles. The third-order valence-electron chi connectivity index (χ3n) is 3.17. The van der Waals surface area contributed by atoms with Crippen LogP contribution in [0.1, 0.15) is 22.8 Å². The topological polar surface area (TPSA) is 35.2 Å². The molecule has 1 unspecified atom stereocenters. The maximum atomic E-state index is 13.5. The minimum Gasteiger partial charge on any atom is -0.484 e. The van der Waals surface area contributed by atoms with E-state index in [0.29, 0.717) is 17.9 Å². The lowest BCUT2D eigenvalue weighted by Crippen LogP contribution is -2.19. The number of hydrogen-bond donors (Lipinski definition) is 1. The van der Waals surface area contributed by atoms with Gasteiger partial charge in [0.15, 0.2) is 0 Å². The Morgan fingerprint density at radius 2 is 1.84 bits per heavy atom. The number of benzene rings is 2. The van der Waals surface area contributed by atoms with Gasteiger partial charge in [0.25, 0.3) is 0 Å². The molecule has 1 atom stereocenters. The van der Waals surface area contributed by atoms with E-state index in [4.69, 9.17) is 10.5 Å². The highest BCUT2D eigenvalue weighted by molar-refractivity contribution is 5.32. The van der Waals surface area contributed by atoms with Gasteiger partial charge in [-0.3, -0.25) is 0 Å². The molecule has 3 heteroatoms. The number of ether oxygens (including phenoxy) is 1. The van der Waals surface area contributed by atoms with E-state index in [2.05, 4.69) is 0 Å². The Labute approximate surface area is 113 Å². The average molecular weight is 259 g/mol. The third kappa shape index (κ3) is 3.12. The molecule has 0 fully saturated rings. The minimum atomic E-state index is -0.266. The Bertz CT molecular complexity index is 568. The molecule has 2 N–H and O–H groups in total. The van der Waals surface area contributed by atoms with Gasteiger partial charge in [-0.1, -0.05) is 30.3 Å². The van der Waals surface area contributed by atoms with Crippen LogP contribution in [0.2, 0.25) is 0 Å². The van der Waals surface area contributed by atoms with Gasteiger partial charge < -0.3 is 10.5 Å². The summed E-state index contributed by atoms with van der Waals surface area (Å²) in [4.78, 5) is 0. The second-order valence-electron chi connectivity index (χ2n) is 4.61. The number of aryl methyl sites for hydroxylation is 2. The Morgan fingerprint density at radius 1 is 1.11 bits per heavy atom. The fourth-order valence-electron chi connectivity index (χ4n) is 2.00. The highest BCUT2D eigenvalue weighted by atomic mass is 19.1. The molecule has 2 aromatic rings. The smallest absolute Gasteiger partial charge is 0.136 e. The van der Waals surface area contributed by atoms with Crippen molar-refractivity contribution in [1.29, 1.82) is 0 Å². The molecular weight excluding hydrogens is 241 g/mol. The Morgan fingerprint density at radius 3 is 2.47 bits per heavy atom. The van der Waals surface area contributed by atoms with E-state index in [1.54, 1.807) is 19.1 Å². The van der Waals surface area contributed by atoms with E-state index >= 15 is 0 Å². The van der Waals surface area contributed by atoms with Gasteiger partial charge in [0.2, 0.25) is 0 Å². The first-order valence-electron chi connectivity index (χ1n) is 6.30. The standard InChI is InChI=1S/C16H18FNO/c1-11-5-3-4-6-14(11)16(10-18)19-13-8-7-12(2)15(17)9-13/h3-9,16H,10,18H2,1-2H3. The lowest BCUT2D eigenvalue weighted by atomic mass is 10.0. The Hall–Kier alpha value is -1.87. The first kappa shape index (κ1) is 13.6. The molecule has 0 amide bonds. The van der Waals surface area contributed by atoms with Crippen molar-refractivity contribution in [3.05, 3.63) is 65.0 Å². The summed E-state index contributed by atoms with van der Waals surface area (Å²) in [6.45, 7) is 4.08. The third-order valence-corrected chi connectivity index (χ3v) is 3.17. The van der Waals surface area contributed by atoms with Crippen molar-refractivity contribution in [2.45, 2.75) is 20.0 Å². The summed E-state index contributed by atoms with van der Waals surface area (Å²) in [7, 11) is 0. The largest absolute Gasteiger partial charge is 0.484 e. The molecule has 0 aliphatic rings. The molecule has 19 heavy (non-hydrogen) atoms. The molecule has 0 saturated carbocycles. The quantitative estimate of drug-likeness (QED) is 0.911. The normalized spacial score (nSPS) is 12.2. The highest BCUT2D eigenvalue weighted by Gasteiger charge is 2.14. The lowest BCUT2D eigenvalue weighted by Gasteiger charge is -2.20. The first-order chi connectivity index (χ1) is 9.11. The van der Waals surface area contributed by atoms with Crippen molar-refractivity contribution >= 4 is 0 Å². The zero-order valence-electron chi connectivity index (χ0n) is 11.2. The van der Waals surface area contributed by atoms with E-state index in [1.807, 2.05) is 31.2 Å². The van der Waals surface area contributed by atoms with Crippen molar-refractivity contribution in [3.63, 3.8) is 0 Å². The number of rotatable bonds is 4. The second-order valence-corrected chi connectivity index (χ2v) is 4.61. The summed E-state index contributed by atoms with van der Waals surface area (Å²) in [5.41, 5.74) is 8.52. The van der Waals surface area contributed by atoms with Crippen LogP contribution in [-0.2, 0) is 0 Å². The molecule has 0 heterocycles. The summed E-state index contributed by atoms with van der Waals surface area (Å²) in [5, 5.41) is 0. The molecule has 0 radical (unpaired) electrons. The SMILES string of the molecule is Cc1ccc(OC(CN)c2ccccc2C)cc1F. The molecule has 0 aliphatic heterocycles. The predicted molar refractivity (Wildman–Crippen MR) is 74.7 cm³/mol. The van der Waals surface area contributed by atoms with E-state index in [1.165, 1.54) is 6.07 Å².